The summed E-state index contributed by atoms with van der Waals surface area (Å²) in [5, 5.41) is 6.96. The summed E-state index contributed by atoms with van der Waals surface area (Å²) in [5.74, 6) is 0. The zero-order valence-electron chi connectivity index (χ0n) is 9.88. The number of carbonyl (C=O) groups is 1. The number of carbonyl (C=O) groups excluding carboxylic acids is 1. The van der Waals surface area contributed by atoms with E-state index >= 15 is 0 Å². The van der Waals surface area contributed by atoms with Gasteiger partial charge in [0, 0.05) is 28.7 Å². The summed E-state index contributed by atoms with van der Waals surface area (Å²) in [6.45, 7) is 0. The van der Waals surface area contributed by atoms with Crippen LogP contribution in [-0.4, -0.2) is 17.2 Å². The minimum absolute atomic E-state index is 0.442. The van der Waals surface area contributed by atoms with E-state index in [1.165, 1.54) is 6.21 Å². The first-order valence-corrected chi connectivity index (χ1v) is 5.87. The Hall–Kier alpha value is -2.40. The van der Waals surface area contributed by atoms with Crippen LogP contribution in [0.3, 0.4) is 0 Å². The number of pyridine rings is 1. The molecule has 0 aliphatic rings. The van der Waals surface area contributed by atoms with Crippen molar-refractivity contribution >= 4 is 29.5 Å². The van der Waals surface area contributed by atoms with Crippen LogP contribution in [0.2, 0.25) is 5.02 Å². The first kappa shape index (κ1) is 13.0. The zero-order valence-corrected chi connectivity index (χ0v) is 10.6. The largest absolute Gasteiger partial charge is 0.339 e. The van der Waals surface area contributed by atoms with Crippen molar-refractivity contribution in [1.29, 1.82) is 0 Å². The molecular formula is C13H11ClN4O. The van der Waals surface area contributed by atoms with Crippen LogP contribution in [0.15, 0.2) is 53.9 Å². The fraction of sp³-hybridized carbons (Fsp3) is 0. The molecule has 0 aliphatic heterocycles. The van der Waals surface area contributed by atoms with E-state index in [0.29, 0.717) is 10.7 Å². The van der Waals surface area contributed by atoms with Gasteiger partial charge >= 0.3 is 6.03 Å². The number of aromatic nitrogens is 1. The molecule has 6 heteroatoms. The molecule has 2 rings (SSSR count). The highest BCUT2D eigenvalue weighted by atomic mass is 35.5. The van der Waals surface area contributed by atoms with E-state index in [-0.39, 0.29) is 0 Å². The predicted octanol–water partition coefficient (Wildman–Crippen LogP) is 2.89. The topological polar surface area (TPSA) is 66.4 Å². The van der Waals surface area contributed by atoms with Crippen molar-refractivity contribution in [3.05, 3.63) is 59.4 Å². The summed E-state index contributed by atoms with van der Waals surface area (Å²) in [4.78, 5) is 15.4. The van der Waals surface area contributed by atoms with Gasteiger partial charge in [0.15, 0.2) is 0 Å². The Morgan fingerprint density at radius 3 is 2.95 bits per heavy atom. The number of halogens is 1. The number of hydrogen-bond donors (Lipinski definition) is 2. The van der Waals surface area contributed by atoms with Crippen molar-refractivity contribution in [2.75, 3.05) is 5.32 Å². The first-order chi connectivity index (χ1) is 9.24. The van der Waals surface area contributed by atoms with E-state index in [1.54, 1.807) is 42.7 Å². The normalized spacial score (nSPS) is 10.4. The Bertz CT molecular complexity index is 586. The highest BCUT2D eigenvalue weighted by Crippen LogP contribution is 2.14. The third-order valence-electron chi connectivity index (χ3n) is 2.15. The number of rotatable bonds is 3. The summed E-state index contributed by atoms with van der Waals surface area (Å²) in [5.41, 5.74) is 3.74. The van der Waals surface area contributed by atoms with E-state index in [4.69, 9.17) is 11.6 Å². The van der Waals surface area contributed by atoms with Gasteiger partial charge in [0.2, 0.25) is 0 Å². The highest BCUT2D eigenvalue weighted by Gasteiger charge is 1.99. The Labute approximate surface area is 115 Å². The SMILES string of the molecule is O=C(N/N=C\c1cccnc1)Nc1cccc(Cl)c1. The molecule has 2 amide bonds. The number of nitrogens with one attached hydrogen (secondary N) is 2. The lowest BCUT2D eigenvalue weighted by Gasteiger charge is -2.03. The molecule has 96 valence electrons. The van der Waals surface area contributed by atoms with Crippen molar-refractivity contribution < 1.29 is 4.79 Å². The molecule has 5 nitrogen and oxygen atoms in total. The number of hydrazone groups is 1. The predicted molar refractivity (Wildman–Crippen MR) is 75.4 cm³/mol. The highest BCUT2D eigenvalue weighted by molar-refractivity contribution is 6.30. The summed E-state index contributed by atoms with van der Waals surface area (Å²) >= 11 is 5.80. The van der Waals surface area contributed by atoms with Crippen molar-refractivity contribution in [1.82, 2.24) is 10.4 Å². The molecule has 0 unspecified atom stereocenters. The molecule has 1 aromatic carbocycles. The van der Waals surface area contributed by atoms with Gasteiger partial charge < -0.3 is 5.32 Å². The maximum atomic E-state index is 11.5. The first-order valence-electron chi connectivity index (χ1n) is 5.50. The Balaban J connectivity index is 1.87. The van der Waals surface area contributed by atoms with E-state index in [9.17, 15) is 4.79 Å². The van der Waals surface area contributed by atoms with Gasteiger partial charge in [-0.1, -0.05) is 23.7 Å². The average Bonchev–Trinajstić information content (AvgIpc) is 2.40. The third-order valence-corrected chi connectivity index (χ3v) is 2.38. The van der Waals surface area contributed by atoms with Gasteiger partial charge in [0.25, 0.3) is 0 Å². The summed E-state index contributed by atoms with van der Waals surface area (Å²) in [6.07, 6.45) is 4.81. The number of benzene rings is 1. The molecule has 2 aromatic rings. The lowest BCUT2D eigenvalue weighted by Crippen LogP contribution is -2.24. The standard InChI is InChI=1S/C13H11ClN4O/c14-11-4-1-5-12(7-11)17-13(19)18-16-9-10-3-2-6-15-8-10/h1-9H,(H2,17,18,19)/b16-9-. The molecule has 0 saturated heterocycles. The van der Waals surface area contributed by atoms with Crippen LogP contribution in [0, 0.1) is 0 Å². The molecule has 0 saturated carbocycles. The number of hydrogen-bond acceptors (Lipinski definition) is 3. The third kappa shape index (κ3) is 4.40. The minimum atomic E-state index is -0.442. The van der Waals surface area contributed by atoms with Crippen molar-refractivity contribution in [3.8, 4) is 0 Å². The molecule has 0 aliphatic carbocycles. The lowest BCUT2D eigenvalue weighted by atomic mass is 10.3. The summed E-state index contributed by atoms with van der Waals surface area (Å²) in [7, 11) is 0. The van der Waals surface area contributed by atoms with Gasteiger partial charge in [-0.05, 0) is 24.3 Å². The summed E-state index contributed by atoms with van der Waals surface area (Å²) < 4.78 is 0. The maximum absolute atomic E-state index is 11.5. The zero-order chi connectivity index (χ0) is 13.5. The van der Waals surface area contributed by atoms with Crippen LogP contribution >= 0.6 is 11.6 Å². The van der Waals surface area contributed by atoms with Crippen LogP contribution in [0.4, 0.5) is 10.5 Å². The molecule has 0 spiro atoms. The number of amides is 2. The Morgan fingerprint density at radius 2 is 2.21 bits per heavy atom. The van der Waals surface area contributed by atoms with Crippen molar-refractivity contribution in [2.45, 2.75) is 0 Å². The molecule has 1 heterocycles. The molecule has 0 bridgehead atoms. The van der Waals surface area contributed by atoms with E-state index < -0.39 is 6.03 Å². The smallest absolute Gasteiger partial charge is 0.306 e. The van der Waals surface area contributed by atoms with Gasteiger partial charge in [-0.3, -0.25) is 4.98 Å². The monoisotopic (exact) mass is 274 g/mol. The Kier molecular flexibility index (Phi) is 4.47. The van der Waals surface area contributed by atoms with Gasteiger partial charge in [0.05, 0.1) is 6.21 Å². The molecular weight excluding hydrogens is 264 g/mol. The molecule has 1 aromatic heterocycles. The van der Waals surface area contributed by atoms with Crippen LogP contribution in [0.1, 0.15) is 5.56 Å². The second-order valence-electron chi connectivity index (χ2n) is 3.62. The Morgan fingerprint density at radius 1 is 1.32 bits per heavy atom. The molecule has 0 fully saturated rings. The summed E-state index contributed by atoms with van der Waals surface area (Å²) in [6, 6.07) is 10.0. The van der Waals surface area contributed by atoms with Crippen LogP contribution in [0.5, 0.6) is 0 Å². The van der Waals surface area contributed by atoms with Crippen LogP contribution in [0.25, 0.3) is 0 Å². The minimum Gasteiger partial charge on any atom is -0.306 e. The molecule has 2 N–H and O–H groups in total. The quantitative estimate of drug-likeness (QED) is 0.667. The second kappa shape index (κ2) is 6.51. The van der Waals surface area contributed by atoms with Gasteiger partial charge in [-0.2, -0.15) is 5.10 Å². The fourth-order valence-corrected chi connectivity index (χ4v) is 1.53. The number of urea groups is 1. The van der Waals surface area contributed by atoms with E-state index in [2.05, 4.69) is 20.8 Å². The van der Waals surface area contributed by atoms with Crippen LogP contribution < -0.4 is 10.7 Å². The van der Waals surface area contributed by atoms with Crippen molar-refractivity contribution in [2.24, 2.45) is 5.10 Å². The number of anilines is 1. The van der Waals surface area contributed by atoms with Gasteiger partial charge in [0.1, 0.15) is 0 Å². The lowest BCUT2D eigenvalue weighted by molar-refractivity contribution is 0.252. The fourth-order valence-electron chi connectivity index (χ4n) is 1.34. The molecule has 0 radical (unpaired) electrons. The van der Waals surface area contributed by atoms with Gasteiger partial charge in [-0.15, -0.1) is 0 Å². The maximum Gasteiger partial charge on any atom is 0.339 e. The average molecular weight is 275 g/mol. The molecule has 0 atom stereocenters. The molecule has 19 heavy (non-hydrogen) atoms. The van der Waals surface area contributed by atoms with E-state index in [1.807, 2.05) is 6.07 Å². The number of nitrogens with zero attached hydrogens (tertiary/aromatic N) is 2. The van der Waals surface area contributed by atoms with E-state index in [0.717, 1.165) is 5.56 Å². The van der Waals surface area contributed by atoms with Crippen LogP contribution in [-0.2, 0) is 0 Å². The van der Waals surface area contributed by atoms with Crippen molar-refractivity contribution in [3.63, 3.8) is 0 Å². The second-order valence-corrected chi connectivity index (χ2v) is 4.06. The van der Waals surface area contributed by atoms with Gasteiger partial charge in [-0.25, -0.2) is 10.2 Å².